The van der Waals surface area contributed by atoms with Crippen molar-refractivity contribution in [2.75, 3.05) is 13.2 Å². The summed E-state index contributed by atoms with van der Waals surface area (Å²) in [5.74, 6) is 0.108. The second kappa shape index (κ2) is 7.69. The predicted octanol–water partition coefficient (Wildman–Crippen LogP) is 4.33. The van der Waals surface area contributed by atoms with Gasteiger partial charge in [0.25, 0.3) is 0 Å². The SMILES string of the molecule is C=CC[C@H](C(=O)N1CCOC1=O)[C@@H](C(=O)OC(C)(C)C)C12CC3CC(CC(C3)C1)C2. The van der Waals surface area contributed by atoms with Crippen LogP contribution in [0, 0.1) is 35.0 Å². The van der Waals surface area contributed by atoms with Gasteiger partial charge in [0.1, 0.15) is 12.2 Å². The minimum absolute atomic E-state index is 0.208. The molecule has 6 heteroatoms. The smallest absolute Gasteiger partial charge is 0.416 e. The van der Waals surface area contributed by atoms with Crippen molar-refractivity contribution in [2.45, 2.75) is 71.3 Å². The van der Waals surface area contributed by atoms with E-state index in [1.165, 1.54) is 24.2 Å². The molecule has 5 fully saturated rings. The van der Waals surface area contributed by atoms with Gasteiger partial charge in [-0.05, 0) is 88.9 Å². The van der Waals surface area contributed by atoms with Crippen LogP contribution in [0.5, 0.6) is 0 Å². The Labute approximate surface area is 179 Å². The first kappa shape index (κ1) is 21.4. The fraction of sp³-hybridized carbons (Fsp3) is 0.792. The van der Waals surface area contributed by atoms with E-state index in [1.54, 1.807) is 6.08 Å². The van der Waals surface area contributed by atoms with Crippen LogP contribution >= 0.6 is 0 Å². The normalized spacial score (nSPS) is 34.4. The molecule has 0 aromatic carbocycles. The molecule has 166 valence electrons. The largest absolute Gasteiger partial charge is 0.460 e. The van der Waals surface area contributed by atoms with Gasteiger partial charge in [-0.2, -0.15) is 0 Å². The van der Waals surface area contributed by atoms with Crippen molar-refractivity contribution >= 4 is 18.0 Å². The second-order valence-corrected chi connectivity index (χ2v) is 11.0. The minimum Gasteiger partial charge on any atom is -0.460 e. The van der Waals surface area contributed by atoms with Gasteiger partial charge in [-0.15, -0.1) is 6.58 Å². The molecule has 4 saturated carbocycles. The molecule has 0 unspecified atom stereocenters. The summed E-state index contributed by atoms with van der Waals surface area (Å²) in [5, 5.41) is 0. The Morgan fingerprint density at radius 3 is 2.20 bits per heavy atom. The Hall–Kier alpha value is -1.85. The van der Waals surface area contributed by atoms with Gasteiger partial charge < -0.3 is 9.47 Å². The third-order valence-electron chi connectivity index (χ3n) is 7.57. The molecule has 4 bridgehead atoms. The van der Waals surface area contributed by atoms with E-state index in [-0.39, 0.29) is 30.4 Å². The highest BCUT2D eigenvalue weighted by molar-refractivity contribution is 5.96. The summed E-state index contributed by atoms with van der Waals surface area (Å²) in [6.45, 7) is 9.90. The lowest BCUT2D eigenvalue weighted by atomic mass is 9.45. The summed E-state index contributed by atoms with van der Waals surface area (Å²) in [6, 6.07) is 0. The number of imide groups is 1. The van der Waals surface area contributed by atoms with Crippen molar-refractivity contribution in [3.05, 3.63) is 12.7 Å². The maximum absolute atomic E-state index is 13.6. The first-order valence-electron chi connectivity index (χ1n) is 11.4. The molecular formula is C24H35NO5. The Morgan fingerprint density at radius 1 is 1.20 bits per heavy atom. The van der Waals surface area contributed by atoms with Gasteiger partial charge in [0.2, 0.25) is 5.91 Å². The number of ether oxygens (including phenoxy) is 2. The van der Waals surface area contributed by atoms with Crippen molar-refractivity contribution < 1.29 is 23.9 Å². The molecule has 0 spiro atoms. The fourth-order valence-electron chi connectivity index (χ4n) is 7.12. The highest BCUT2D eigenvalue weighted by Gasteiger charge is 2.59. The zero-order chi connectivity index (χ0) is 21.7. The van der Waals surface area contributed by atoms with Crippen molar-refractivity contribution in [3.63, 3.8) is 0 Å². The number of hydrogen-bond acceptors (Lipinski definition) is 5. The Balaban J connectivity index is 1.71. The maximum atomic E-state index is 13.6. The quantitative estimate of drug-likeness (QED) is 0.475. The van der Waals surface area contributed by atoms with Crippen LogP contribution in [0.1, 0.15) is 65.7 Å². The van der Waals surface area contributed by atoms with Gasteiger partial charge in [0.15, 0.2) is 0 Å². The summed E-state index contributed by atoms with van der Waals surface area (Å²) in [6.07, 6.45) is 8.13. The van der Waals surface area contributed by atoms with Crippen LogP contribution in [0.4, 0.5) is 4.79 Å². The molecule has 0 N–H and O–H groups in total. The average Bonchev–Trinajstić information content (AvgIpc) is 3.03. The second-order valence-electron chi connectivity index (χ2n) is 11.0. The molecule has 5 aliphatic rings. The number of rotatable bonds is 6. The lowest BCUT2D eigenvalue weighted by Gasteiger charge is -2.59. The van der Waals surface area contributed by atoms with Gasteiger partial charge in [-0.3, -0.25) is 9.59 Å². The number of allylic oxidation sites excluding steroid dienone is 1. The molecule has 4 aliphatic carbocycles. The number of cyclic esters (lactones) is 1. The number of carbonyl (C=O) groups is 3. The minimum atomic E-state index is -0.640. The molecule has 0 aromatic rings. The monoisotopic (exact) mass is 417 g/mol. The Bertz CT molecular complexity index is 701. The van der Waals surface area contributed by atoms with Crippen molar-refractivity contribution in [1.82, 2.24) is 4.90 Å². The molecule has 1 aliphatic heterocycles. The molecule has 6 nitrogen and oxygen atoms in total. The van der Waals surface area contributed by atoms with Gasteiger partial charge in [0.05, 0.1) is 18.4 Å². The first-order chi connectivity index (χ1) is 14.1. The van der Waals surface area contributed by atoms with E-state index >= 15 is 0 Å². The fourth-order valence-corrected chi connectivity index (χ4v) is 7.12. The van der Waals surface area contributed by atoms with Crippen LogP contribution in [-0.4, -0.2) is 41.6 Å². The van der Waals surface area contributed by atoms with E-state index in [9.17, 15) is 14.4 Å². The van der Waals surface area contributed by atoms with Gasteiger partial charge >= 0.3 is 12.1 Å². The van der Waals surface area contributed by atoms with E-state index in [4.69, 9.17) is 9.47 Å². The van der Waals surface area contributed by atoms with Crippen LogP contribution in [0.15, 0.2) is 12.7 Å². The summed E-state index contributed by atoms with van der Waals surface area (Å²) >= 11 is 0. The predicted molar refractivity (Wildman–Crippen MR) is 111 cm³/mol. The average molecular weight is 418 g/mol. The standard InChI is InChI=1S/C24H35NO5/c1-5-6-18(20(26)25-7-8-29-22(25)28)19(21(27)30-23(2,3)4)24-12-15-9-16(13-24)11-17(10-15)14-24/h5,15-19H,1,6-14H2,2-4H3/t15?,16?,17?,18-,19-,24?/m0/s1. The molecule has 1 saturated heterocycles. The molecule has 2 amide bonds. The van der Waals surface area contributed by atoms with E-state index in [0.29, 0.717) is 24.2 Å². The Kier molecular flexibility index (Phi) is 5.48. The van der Waals surface area contributed by atoms with Crippen LogP contribution in [0.3, 0.4) is 0 Å². The topological polar surface area (TPSA) is 72.9 Å². The van der Waals surface area contributed by atoms with Gasteiger partial charge in [-0.1, -0.05) is 6.08 Å². The number of amides is 2. The lowest BCUT2D eigenvalue weighted by Crippen LogP contribution is -2.56. The van der Waals surface area contributed by atoms with Crippen LogP contribution in [0.25, 0.3) is 0 Å². The zero-order valence-corrected chi connectivity index (χ0v) is 18.5. The van der Waals surface area contributed by atoms with Crippen molar-refractivity contribution in [1.29, 1.82) is 0 Å². The van der Waals surface area contributed by atoms with Crippen molar-refractivity contribution in [2.24, 2.45) is 35.0 Å². The molecule has 1 heterocycles. The highest BCUT2D eigenvalue weighted by atomic mass is 16.6. The molecule has 0 aromatic heterocycles. The van der Waals surface area contributed by atoms with E-state index in [1.807, 2.05) is 20.8 Å². The molecular weight excluding hydrogens is 382 g/mol. The van der Waals surface area contributed by atoms with Gasteiger partial charge in [0, 0.05) is 0 Å². The first-order valence-corrected chi connectivity index (χ1v) is 11.4. The number of esters is 1. The summed E-state index contributed by atoms with van der Waals surface area (Å²) in [7, 11) is 0. The van der Waals surface area contributed by atoms with Crippen LogP contribution in [-0.2, 0) is 19.1 Å². The summed E-state index contributed by atoms with van der Waals surface area (Å²) in [4.78, 5) is 40.5. The highest BCUT2D eigenvalue weighted by Crippen LogP contribution is 2.64. The summed E-state index contributed by atoms with van der Waals surface area (Å²) in [5.41, 5.74) is -0.851. The van der Waals surface area contributed by atoms with E-state index < -0.39 is 23.5 Å². The number of carbonyl (C=O) groups excluding carboxylic acids is 3. The molecule has 0 radical (unpaired) electrons. The molecule has 2 atom stereocenters. The molecule has 30 heavy (non-hydrogen) atoms. The van der Waals surface area contributed by atoms with E-state index in [2.05, 4.69) is 6.58 Å². The van der Waals surface area contributed by atoms with Gasteiger partial charge in [-0.25, -0.2) is 9.69 Å². The summed E-state index contributed by atoms with van der Waals surface area (Å²) < 4.78 is 10.9. The number of hydrogen-bond donors (Lipinski definition) is 0. The zero-order valence-electron chi connectivity index (χ0n) is 18.5. The lowest BCUT2D eigenvalue weighted by molar-refractivity contribution is -0.182. The Morgan fingerprint density at radius 2 is 1.77 bits per heavy atom. The molecule has 5 rings (SSSR count). The van der Waals surface area contributed by atoms with Crippen LogP contribution in [0.2, 0.25) is 0 Å². The van der Waals surface area contributed by atoms with Crippen molar-refractivity contribution in [3.8, 4) is 0 Å². The third kappa shape index (κ3) is 3.90. The van der Waals surface area contributed by atoms with Crippen LogP contribution < -0.4 is 0 Å². The van der Waals surface area contributed by atoms with E-state index in [0.717, 1.165) is 19.3 Å². The maximum Gasteiger partial charge on any atom is 0.416 e. The number of nitrogens with zero attached hydrogens (tertiary/aromatic N) is 1. The third-order valence-corrected chi connectivity index (χ3v) is 7.57.